The number of fused-ring (bicyclic) bond motifs is 3. The smallest absolute Gasteiger partial charge is 0.166 e. The van der Waals surface area contributed by atoms with Gasteiger partial charge < -0.3 is 4.74 Å². The summed E-state index contributed by atoms with van der Waals surface area (Å²) in [5.74, 6) is 0.138. The maximum absolute atomic E-state index is 12.1. The van der Waals surface area contributed by atoms with Gasteiger partial charge in [0.2, 0.25) is 0 Å². The van der Waals surface area contributed by atoms with E-state index >= 15 is 0 Å². The van der Waals surface area contributed by atoms with Crippen molar-refractivity contribution in [1.82, 2.24) is 14.6 Å². The summed E-state index contributed by atoms with van der Waals surface area (Å²) in [6.07, 6.45) is 3.92. The highest BCUT2D eigenvalue weighted by atomic mass is 35.5. The summed E-state index contributed by atoms with van der Waals surface area (Å²) in [6.45, 7) is 0.369. The second-order valence-electron chi connectivity index (χ2n) is 5.90. The maximum atomic E-state index is 12.1. The summed E-state index contributed by atoms with van der Waals surface area (Å²) in [6, 6.07) is 7.61. The molecule has 6 heteroatoms. The van der Waals surface area contributed by atoms with Crippen molar-refractivity contribution >= 4 is 23.0 Å². The zero-order valence-electron chi connectivity index (χ0n) is 13.3. The maximum Gasteiger partial charge on any atom is 0.166 e. The van der Waals surface area contributed by atoms with Gasteiger partial charge in [-0.15, -0.1) is 0 Å². The molecule has 0 saturated heterocycles. The van der Waals surface area contributed by atoms with Gasteiger partial charge in [0.25, 0.3) is 0 Å². The topological polar surface area (TPSA) is 56.5 Å². The van der Waals surface area contributed by atoms with Crippen molar-refractivity contribution in [2.24, 2.45) is 0 Å². The van der Waals surface area contributed by atoms with E-state index in [2.05, 4.69) is 4.98 Å². The van der Waals surface area contributed by atoms with Crippen LogP contribution in [-0.4, -0.2) is 27.5 Å². The van der Waals surface area contributed by atoms with Crippen molar-refractivity contribution in [3.05, 3.63) is 52.4 Å². The third-order valence-electron chi connectivity index (χ3n) is 4.33. The predicted octanol–water partition coefficient (Wildman–Crippen LogP) is 3.72. The molecule has 1 aliphatic rings. The molecule has 2 aromatic heterocycles. The number of hydrogen-bond acceptors (Lipinski definition) is 4. The minimum absolute atomic E-state index is 0.138. The molecule has 122 valence electrons. The lowest BCUT2D eigenvalue weighted by Gasteiger charge is -2.15. The number of rotatable bonds is 3. The molecule has 24 heavy (non-hydrogen) atoms. The number of hydrogen-bond donors (Lipinski definition) is 0. The van der Waals surface area contributed by atoms with E-state index in [-0.39, 0.29) is 5.78 Å². The van der Waals surface area contributed by atoms with Crippen molar-refractivity contribution in [2.75, 3.05) is 7.11 Å². The number of carbonyl (C=O) groups excluding carboxylic acids is 1. The molecule has 5 nitrogen and oxygen atoms in total. The Morgan fingerprint density at radius 3 is 3.00 bits per heavy atom. The molecule has 0 aliphatic heterocycles. The van der Waals surface area contributed by atoms with Gasteiger partial charge in [0, 0.05) is 24.8 Å². The van der Waals surface area contributed by atoms with E-state index in [1.807, 2.05) is 24.3 Å². The average molecular weight is 342 g/mol. The molecule has 0 unspecified atom stereocenters. The molecule has 0 N–H and O–H groups in total. The van der Waals surface area contributed by atoms with E-state index < -0.39 is 0 Å². The molecule has 0 atom stereocenters. The van der Waals surface area contributed by atoms with Crippen LogP contribution < -0.4 is 0 Å². The summed E-state index contributed by atoms with van der Waals surface area (Å²) in [5.41, 5.74) is 4.98. The molecular weight excluding hydrogens is 326 g/mol. The minimum Gasteiger partial charge on any atom is -0.378 e. The summed E-state index contributed by atoms with van der Waals surface area (Å²) >= 11 is 6.15. The van der Waals surface area contributed by atoms with Gasteiger partial charge in [-0.2, -0.15) is 5.10 Å². The summed E-state index contributed by atoms with van der Waals surface area (Å²) in [7, 11) is 1.64. The van der Waals surface area contributed by atoms with Crippen LogP contribution in [0.25, 0.3) is 16.8 Å². The summed E-state index contributed by atoms with van der Waals surface area (Å²) in [5, 5.41) is 5.35. The van der Waals surface area contributed by atoms with Gasteiger partial charge in [0.05, 0.1) is 29.1 Å². The van der Waals surface area contributed by atoms with Crippen LogP contribution in [0, 0.1) is 0 Å². The number of carbonyl (C=O) groups is 1. The molecule has 4 rings (SSSR count). The van der Waals surface area contributed by atoms with Crippen LogP contribution in [-0.2, 0) is 17.8 Å². The van der Waals surface area contributed by atoms with Crippen LogP contribution in [0.1, 0.15) is 34.6 Å². The molecule has 3 aromatic rings. The third kappa shape index (κ3) is 2.41. The van der Waals surface area contributed by atoms with Gasteiger partial charge in [-0.1, -0.05) is 23.7 Å². The lowest BCUT2D eigenvalue weighted by molar-refractivity contribution is 0.0970. The Morgan fingerprint density at radius 2 is 2.21 bits per heavy atom. The van der Waals surface area contributed by atoms with E-state index in [1.165, 1.54) is 0 Å². The molecular formula is C18H16ClN3O2. The number of halogens is 1. The summed E-state index contributed by atoms with van der Waals surface area (Å²) in [4.78, 5) is 16.7. The summed E-state index contributed by atoms with van der Waals surface area (Å²) < 4.78 is 7.11. The van der Waals surface area contributed by atoms with Crippen LogP contribution in [0.5, 0.6) is 0 Å². The number of aromatic nitrogens is 3. The highest BCUT2D eigenvalue weighted by molar-refractivity contribution is 6.30. The molecule has 0 fully saturated rings. The standard InChI is InChI=1S/C18H16ClN3O2/c1-24-10-14-17(11-4-2-5-12(19)8-11)18-20-9-13-15(22(18)21-14)6-3-7-16(13)23/h2,4-5,8-9H,3,6-7,10H2,1H3. The first-order chi connectivity index (χ1) is 11.7. The van der Waals surface area contributed by atoms with Gasteiger partial charge in [-0.3, -0.25) is 4.79 Å². The Hall–Kier alpha value is -2.24. The second kappa shape index (κ2) is 6.00. The molecule has 0 saturated carbocycles. The fourth-order valence-electron chi connectivity index (χ4n) is 3.28. The van der Waals surface area contributed by atoms with Crippen molar-refractivity contribution in [1.29, 1.82) is 0 Å². The predicted molar refractivity (Wildman–Crippen MR) is 91.4 cm³/mol. The van der Waals surface area contributed by atoms with Crippen LogP contribution in [0.2, 0.25) is 5.02 Å². The molecule has 0 amide bonds. The minimum atomic E-state index is 0.138. The van der Waals surface area contributed by atoms with Crippen LogP contribution >= 0.6 is 11.6 Å². The Labute approximate surface area is 144 Å². The third-order valence-corrected chi connectivity index (χ3v) is 4.56. The Morgan fingerprint density at radius 1 is 1.33 bits per heavy atom. The van der Waals surface area contributed by atoms with Crippen LogP contribution in [0.4, 0.5) is 0 Å². The van der Waals surface area contributed by atoms with Crippen molar-refractivity contribution < 1.29 is 9.53 Å². The number of ketones is 1. The zero-order valence-corrected chi connectivity index (χ0v) is 14.0. The highest BCUT2D eigenvalue weighted by Gasteiger charge is 2.24. The lowest BCUT2D eigenvalue weighted by Crippen LogP contribution is -2.16. The lowest BCUT2D eigenvalue weighted by atomic mass is 9.96. The number of Topliss-reactive ketones (excluding diaryl/α,β-unsaturated/α-hetero) is 1. The van der Waals surface area contributed by atoms with Crippen molar-refractivity contribution in [3.63, 3.8) is 0 Å². The molecule has 0 bridgehead atoms. The largest absolute Gasteiger partial charge is 0.378 e. The normalized spacial score (nSPS) is 14.2. The number of ether oxygens (including phenoxy) is 1. The Bertz CT molecular complexity index is 949. The van der Waals surface area contributed by atoms with Gasteiger partial charge >= 0.3 is 0 Å². The molecule has 1 aromatic carbocycles. The van der Waals surface area contributed by atoms with Crippen LogP contribution in [0.15, 0.2) is 30.5 Å². The van der Waals surface area contributed by atoms with Gasteiger partial charge in [-0.05, 0) is 30.5 Å². The van der Waals surface area contributed by atoms with Crippen molar-refractivity contribution in [2.45, 2.75) is 25.9 Å². The second-order valence-corrected chi connectivity index (χ2v) is 6.33. The number of benzene rings is 1. The van der Waals surface area contributed by atoms with Gasteiger partial charge in [0.1, 0.15) is 0 Å². The SMILES string of the molecule is COCc1nn2c3c(cnc2c1-c1cccc(Cl)c1)C(=O)CCC3. The molecule has 0 radical (unpaired) electrons. The zero-order chi connectivity index (χ0) is 16.7. The first kappa shape index (κ1) is 15.3. The Balaban J connectivity index is 2.01. The monoisotopic (exact) mass is 341 g/mol. The van der Waals surface area contributed by atoms with E-state index in [9.17, 15) is 4.79 Å². The number of methoxy groups -OCH3 is 1. The first-order valence-corrected chi connectivity index (χ1v) is 8.24. The first-order valence-electron chi connectivity index (χ1n) is 7.86. The fourth-order valence-corrected chi connectivity index (χ4v) is 3.47. The molecule has 1 aliphatic carbocycles. The van der Waals surface area contributed by atoms with Crippen LogP contribution in [0.3, 0.4) is 0 Å². The highest BCUT2D eigenvalue weighted by Crippen LogP contribution is 2.32. The number of nitrogens with zero attached hydrogens (tertiary/aromatic N) is 3. The molecule has 2 heterocycles. The van der Waals surface area contributed by atoms with Gasteiger partial charge in [-0.25, -0.2) is 9.50 Å². The number of aryl methyl sites for hydroxylation is 1. The van der Waals surface area contributed by atoms with E-state index in [4.69, 9.17) is 21.4 Å². The quantitative estimate of drug-likeness (QED) is 0.728. The molecule has 0 spiro atoms. The van der Waals surface area contributed by atoms with E-state index in [0.717, 1.165) is 41.0 Å². The van der Waals surface area contributed by atoms with Crippen molar-refractivity contribution in [3.8, 4) is 11.1 Å². The van der Waals surface area contributed by atoms with E-state index in [1.54, 1.807) is 17.8 Å². The average Bonchev–Trinajstić information content (AvgIpc) is 2.94. The Kier molecular flexibility index (Phi) is 3.82. The van der Waals surface area contributed by atoms with E-state index in [0.29, 0.717) is 23.6 Å². The fraction of sp³-hybridized carbons (Fsp3) is 0.278. The van der Waals surface area contributed by atoms with Gasteiger partial charge in [0.15, 0.2) is 11.4 Å².